The van der Waals surface area contributed by atoms with Crippen molar-refractivity contribution in [1.82, 2.24) is 5.32 Å². The van der Waals surface area contributed by atoms with E-state index in [1.54, 1.807) is 6.07 Å². The first-order valence-corrected chi connectivity index (χ1v) is 7.28. The Labute approximate surface area is 131 Å². The summed E-state index contributed by atoms with van der Waals surface area (Å²) in [4.78, 5) is 16.7. The molecular formula is C14H17N3O6. The van der Waals surface area contributed by atoms with Crippen LogP contribution in [-0.2, 0) is 16.2 Å². The molecule has 0 unspecified atom stereocenters. The minimum atomic E-state index is -1.65. The van der Waals surface area contributed by atoms with Crippen molar-refractivity contribution in [2.45, 2.75) is 30.4 Å². The number of aromatic hydroxyl groups is 1. The van der Waals surface area contributed by atoms with Gasteiger partial charge in [0.25, 0.3) is 0 Å². The predicted octanol–water partition coefficient (Wildman–Crippen LogP) is -1.14. The molecule has 4 atom stereocenters. The molecule has 9 heteroatoms. The van der Waals surface area contributed by atoms with E-state index in [1.165, 1.54) is 11.1 Å². The molecule has 2 bridgehead atoms. The fourth-order valence-electron chi connectivity index (χ4n) is 3.53. The average molecular weight is 323 g/mol. The van der Waals surface area contributed by atoms with Crippen molar-refractivity contribution in [3.63, 3.8) is 0 Å². The summed E-state index contributed by atoms with van der Waals surface area (Å²) in [7, 11) is 0. The van der Waals surface area contributed by atoms with E-state index in [-0.39, 0.29) is 31.0 Å². The minimum Gasteiger partial charge on any atom is -0.508 e. The van der Waals surface area contributed by atoms with Crippen LogP contribution >= 0.6 is 0 Å². The van der Waals surface area contributed by atoms with Gasteiger partial charge in [0.05, 0.1) is 30.8 Å². The Balaban J connectivity index is 1.83. The molecule has 2 saturated heterocycles. The molecule has 1 amide bonds. The van der Waals surface area contributed by atoms with Crippen LogP contribution in [0.2, 0.25) is 0 Å². The minimum absolute atomic E-state index is 0.0397. The highest BCUT2D eigenvalue weighted by Crippen LogP contribution is 2.53. The number of hydrogen-bond acceptors (Lipinski definition) is 8. The van der Waals surface area contributed by atoms with Gasteiger partial charge >= 0.3 is 6.09 Å². The van der Waals surface area contributed by atoms with E-state index in [9.17, 15) is 20.1 Å². The second kappa shape index (κ2) is 4.71. The number of phenolic OH excluding ortho intramolecular Hbond substituents is 1. The number of nitrogens with one attached hydrogen (secondary N) is 1. The topological polar surface area (TPSA) is 147 Å². The van der Waals surface area contributed by atoms with Gasteiger partial charge in [-0.05, 0) is 17.7 Å². The number of aliphatic hydroxyl groups excluding tert-OH is 1. The molecular weight excluding hydrogens is 306 g/mol. The lowest BCUT2D eigenvalue weighted by molar-refractivity contribution is -0.247. The van der Waals surface area contributed by atoms with E-state index in [2.05, 4.69) is 5.32 Å². The zero-order valence-corrected chi connectivity index (χ0v) is 12.1. The molecule has 2 fully saturated rings. The SMILES string of the molecule is NC(=O)OC[C@H]1c2c(O)cc(CO)cc2N2C[C@@H]3N[C@@H]3[C@@]1(O)O2. The second-order valence-electron chi connectivity index (χ2n) is 6.04. The fraction of sp³-hybridized carbons (Fsp3) is 0.500. The van der Waals surface area contributed by atoms with Gasteiger partial charge in [0.1, 0.15) is 12.4 Å². The number of ether oxygens (including phenoxy) is 1. The van der Waals surface area contributed by atoms with Crippen molar-refractivity contribution in [1.29, 1.82) is 0 Å². The van der Waals surface area contributed by atoms with Gasteiger partial charge in [-0.15, -0.1) is 0 Å². The Morgan fingerprint density at radius 1 is 1.57 bits per heavy atom. The zero-order valence-electron chi connectivity index (χ0n) is 12.1. The van der Waals surface area contributed by atoms with Crippen molar-refractivity contribution in [3.05, 3.63) is 23.3 Å². The maximum Gasteiger partial charge on any atom is 0.404 e. The van der Waals surface area contributed by atoms with Gasteiger partial charge < -0.3 is 31.1 Å². The summed E-state index contributed by atoms with van der Waals surface area (Å²) < 4.78 is 4.87. The number of hydrogen-bond donors (Lipinski definition) is 5. The highest BCUT2D eigenvalue weighted by Gasteiger charge is 2.65. The van der Waals surface area contributed by atoms with Crippen molar-refractivity contribution in [2.75, 3.05) is 18.2 Å². The summed E-state index contributed by atoms with van der Waals surface area (Å²) >= 11 is 0. The molecule has 3 aliphatic heterocycles. The monoisotopic (exact) mass is 323 g/mol. The molecule has 0 saturated carbocycles. The quantitative estimate of drug-likeness (QED) is 0.438. The van der Waals surface area contributed by atoms with Crippen LogP contribution in [0.3, 0.4) is 0 Å². The number of phenols is 1. The lowest BCUT2D eigenvalue weighted by atomic mass is 9.82. The Morgan fingerprint density at radius 3 is 3.04 bits per heavy atom. The molecule has 3 aliphatic rings. The molecule has 1 aromatic rings. The number of carbonyl (C=O) groups is 1. The highest BCUT2D eigenvalue weighted by molar-refractivity contribution is 5.67. The Bertz CT molecular complexity index is 683. The molecule has 23 heavy (non-hydrogen) atoms. The fourth-order valence-corrected chi connectivity index (χ4v) is 3.53. The number of rotatable bonds is 3. The summed E-state index contributed by atoms with van der Waals surface area (Å²) in [5, 5.41) is 35.3. The van der Waals surface area contributed by atoms with E-state index in [0.717, 1.165) is 0 Å². The summed E-state index contributed by atoms with van der Waals surface area (Å²) in [5.74, 6) is -2.56. The molecule has 9 nitrogen and oxygen atoms in total. The molecule has 0 aliphatic carbocycles. The number of amides is 1. The third-order valence-corrected chi connectivity index (χ3v) is 4.64. The van der Waals surface area contributed by atoms with Crippen LogP contribution in [0.4, 0.5) is 10.5 Å². The predicted molar refractivity (Wildman–Crippen MR) is 76.4 cm³/mol. The second-order valence-corrected chi connectivity index (χ2v) is 6.04. The molecule has 6 N–H and O–H groups in total. The van der Waals surface area contributed by atoms with Crippen molar-refractivity contribution in [3.8, 4) is 5.75 Å². The van der Waals surface area contributed by atoms with Crippen LogP contribution in [-0.4, -0.2) is 52.4 Å². The molecule has 0 spiro atoms. The maximum absolute atomic E-state index is 11.0. The van der Waals surface area contributed by atoms with Crippen molar-refractivity contribution < 1.29 is 29.7 Å². The number of nitrogens with two attached hydrogens (primary N) is 1. The van der Waals surface area contributed by atoms with Crippen LogP contribution in [0, 0.1) is 0 Å². The number of carbonyl (C=O) groups excluding carboxylic acids is 1. The standard InChI is InChI=1S/C14H17N3O6/c15-13(20)22-5-7-11-9(1-6(4-18)2-10(11)19)17-3-8-12(16-8)14(7,21)23-17/h1-2,7-8,12,16,18-19,21H,3-5H2,(H2,15,20)/t7-,8-,12-,14-/m0/s1. The molecule has 1 aromatic carbocycles. The summed E-state index contributed by atoms with van der Waals surface area (Å²) in [5.41, 5.74) is 6.47. The molecule has 3 heterocycles. The largest absolute Gasteiger partial charge is 0.508 e. The van der Waals surface area contributed by atoms with E-state index >= 15 is 0 Å². The summed E-state index contributed by atoms with van der Waals surface area (Å²) in [6, 6.07) is 2.82. The molecule has 124 valence electrons. The third-order valence-electron chi connectivity index (χ3n) is 4.64. The number of nitrogens with zero attached hydrogens (tertiary/aromatic N) is 1. The van der Waals surface area contributed by atoms with E-state index in [1.807, 2.05) is 0 Å². The van der Waals surface area contributed by atoms with Crippen LogP contribution in [0.15, 0.2) is 12.1 Å². The number of anilines is 1. The van der Waals surface area contributed by atoms with Gasteiger partial charge in [0.15, 0.2) is 0 Å². The number of benzene rings is 1. The lowest BCUT2D eigenvalue weighted by Crippen LogP contribution is -2.59. The van der Waals surface area contributed by atoms with Crippen molar-refractivity contribution in [2.24, 2.45) is 5.73 Å². The summed E-state index contributed by atoms with van der Waals surface area (Å²) in [6.45, 7) is 0.0208. The number of fused-ring (bicyclic) bond motifs is 6. The summed E-state index contributed by atoms with van der Waals surface area (Å²) in [6.07, 6.45) is -0.972. The molecule has 4 rings (SSSR count). The number of hydroxylamine groups is 1. The average Bonchev–Trinajstić information content (AvgIpc) is 3.27. The smallest absolute Gasteiger partial charge is 0.404 e. The van der Waals surface area contributed by atoms with Crippen LogP contribution < -0.4 is 16.1 Å². The normalized spacial score (nSPS) is 33.7. The van der Waals surface area contributed by atoms with Gasteiger partial charge in [-0.2, -0.15) is 0 Å². The van der Waals surface area contributed by atoms with Gasteiger partial charge in [-0.3, -0.25) is 0 Å². The van der Waals surface area contributed by atoms with Gasteiger partial charge in [0.2, 0.25) is 5.79 Å². The first-order chi connectivity index (χ1) is 10.9. The maximum atomic E-state index is 11.0. The molecule has 0 aromatic heterocycles. The Morgan fingerprint density at radius 2 is 2.35 bits per heavy atom. The number of primary amides is 1. The zero-order chi connectivity index (χ0) is 16.4. The Hall–Kier alpha value is -2.07. The Kier molecular flexibility index (Phi) is 2.97. The van der Waals surface area contributed by atoms with Crippen molar-refractivity contribution >= 4 is 11.8 Å². The van der Waals surface area contributed by atoms with Crippen LogP contribution in [0.1, 0.15) is 17.0 Å². The van der Waals surface area contributed by atoms with Gasteiger partial charge in [-0.25, -0.2) is 14.7 Å². The van der Waals surface area contributed by atoms with Gasteiger partial charge in [-0.1, -0.05) is 0 Å². The van der Waals surface area contributed by atoms with Crippen LogP contribution in [0.5, 0.6) is 5.75 Å². The first kappa shape index (κ1) is 14.5. The third kappa shape index (κ3) is 2.05. The van der Waals surface area contributed by atoms with Gasteiger partial charge in [0, 0.05) is 11.6 Å². The highest BCUT2D eigenvalue weighted by atomic mass is 16.8. The van der Waals surface area contributed by atoms with Crippen LogP contribution in [0.25, 0.3) is 0 Å². The van der Waals surface area contributed by atoms with E-state index in [0.29, 0.717) is 23.4 Å². The first-order valence-electron chi connectivity index (χ1n) is 7.28. The lowest BCUT2D eigenvalue weighted by Gasteiger charge is -2.47. The van der Waals surface area contributed by atoms with E-state index < -0.39 is 17.8 Å². The molecule has 0 radical (unpaired) electrons. The van der Waals surface area contributed by atoms with E-state index in [4.69, 9.17) is 15.3 Å². The number of aliphatic hydroxyl groups is 2.